The van der Waals surface area contributed by atoms with Crippen LogP contribution in [-0.2, 0) is 14.3 Å². The van der Waals surface area contributed by atoms with Crippen molar-refractivity contribution in [1.29, 1.82) is 0 Å². The van der Waals surface area contributed by atoms with Crippen LogP contribution < -0.4 is 5.43 Å². The summed E-state index contributed by atoms with van der Waals surface area (Å²) in [5, 5.41) is 2.90. The molecule has 0 spiro atoms. The van der Waals surface area contributed by atoms with Gasteiger partial charge < -0.3 is 4.74 Å². The number of methoxy groups -OCH3 is 1. The third-order valence-corrected chi connectivity index (χ3v) is 0.576. The summed E-state index contributed by atoms with van der Waals surface area (Å²) in [7, 11) is 1.24. The molecule has 9 heavy (non-hydrogen) atoms. The van der Waals surface area contributed by atoms with E-state index in [0.29, 0.717) is 0 Å². The lowest BCUT2D eigenvalue weighted by Crippen LogP contribution is -2.18. The SMILES string of the molecule is COC(=O)CNN=C=O. The summed E-state index contributed by atoms with van der Waals surface area (Å²) >= 11 is 0. The van der Waals surface area contributed by atoms with Crippen LogP contribution in [0, 0.1) is 0 Å². The van der Waals surface area contributed by atoms with Crippen molar-refractivity contribution in [3.05, 3.63) is 0 Å². The molecule has 0 aromatic heterocycles. The highest BCUT2D eigenvalue weighted by Crippen LogP contribution is 1.67. The van der Waals surface area contributed by atoms with Gasteiger partial charge in [0.25, 0.3) is 6.08 Å². The monoisotopic (exact) mass is 130 g/mol. The first-order valence-corrected chi connectivity index (χ1v) is 2.17. The van der Waals surface area contributed by atoms with Crippen LogP contribution in [0.3, 0.4) is 0 Å². The van der Waals surface area contributed by atoms with Gasteiger partial charge in [-0.25, -0.2) is 4.79 Å². The lowest BCUT2D eigenvalue weighted by Gasteiger charge is -1.93. The predicted octanol–water partition coefficient (Wildman–Crippen LogP) is -1.00. The molecule has 0 rings (SSSR count). The highest BCUT2D eigenvalue weighted by Gasteiger charge is 1.94. The summed E-state index contributed by atoms with van der Waals surface area (Å²) in [6.45, 7) is -0.105. The number of carbonyl (C=O) groups is 1. The summed E-state index contributed by atoms with van der Waals surface area (Å²) in [4.78, 5) is 19.6. The van der Waals surface area contributed by atoms with Crippen molar-refractivity contribution in [3.63, 3.8) is 0 Å². The largest absolute Gasteiger partial charge is 0.468 e. The molecule has 0 unspecified atom stereocenters. The van der Waals surface area contributed by atoms with Crippen molar-refractivity contribution in [2.24, 2.45) is 5.10 Å². The first-order chi connectivity index (χ1) is 4.31. The molecule has 0 fully saturated rings. The van der Waals surface area contributed by atoms with E-state index in [1.807, 2.05) is 0 Å². The fourth-order valence-corrected chi connectivity index (χ4v) is 0.209. The average molecular weight is 130 g/mol. The van der Waals surface area contributed by atoms with E-state index >= 15 is 0 Å². The molecule has 0 heterocycles. The van der Waals surface area contributed by atoms with Crippen molar-refractivity contribution in [1.82, 2.24) is 5.43 Å². The molecule has 0 saturated carbocycles. The van der Waals surface area contributed by atoms with E-state index in [9.17, 15) is 9.59 Å². The third-order valence-electron chi connectivity index (χ3n) is 0.576. The fourth-order valence-electron chi connectivity index (χ4n) is 0.209. The Morgan fingerprint density at radius 3 is 3.00 bits per heavy atom. The second-order valence-corrected chi connectivity index (χ2v) is 1.11. The van der Waals surface area contributed by atoms with Crippen LogP contribution in [0.15, 0.2) is 5.10 Å². The minimum absolute atomic E-state index is 0.105. The lowest BCUT2D eigenvalue weighted by atomic mass is 10.7. The number of nitrogens with one attached hydrogen (secondary N) is 1. The van der Waals surface area contributed by atoms with Gasteiger partial charge in [-0.15, -0.1) is 0 Å². The molecular formula is C4H6N2O3. The molecule has 0 aliphatic heterocycles. The smallest absolute Gasteiger partial charge is 0.326 e. The number of rotatable bonds is 3. The van der Waals surface area contributed by atoms with Crippen LogP contribution in [0.4, 0.5) is 0 Å². The highest BCUT2D eigenvalue weighted by molar-refractivity contribution is 5.71. The van der Waals surface area contributed by atoms with Gasteiger partial charge >= 0.3 is 5.97 Å². The molecule has 0 aromatic rings. The van der Waals surface area contributed by atoms with Gasteiger partial charge in [-0.3, -0.25) is 10.2 Å². The molecule has 0 atom stereocenters. The molecule has 0 amide bonds. The zero-order valence-electron chi connectivity index (χ0n) is 4.88. The Bertz CT molecular complexity index is 139. The molecule has 1 N–H and O–H groups in total. The zero-order valence-corrected chi connectivity index (χ0v) is 4.88. The van der Waals surface area contributed by atoms with E-state index < -0.39 is 5.97 Å². The van der Waals surface area contributed by atoms with E-state index in [1.165, 1.54) is 13.2 Å². The van der Waals surface area contributed by atoms with Crippen LogP contribution in [0.25, 0.3) is 0 Å². The molecule has 0 radical (unpaired) electrons. The van der Waals surface area contributed by atoms with Gasteiger partial charge in [0.2, 0.25) is 0 Å². The molecule has 50 valence electrons. The number of nitrogens with zero attached hydrogens (tertiary/aromatic N) is 1. The third kappa shape index (κ3) is 4.50. The van der Waals surface area contributed by atoms with Crippen molar-refractivity contribution >= 4 is 12.0 Å². The molecule has 0 saturated heterocycles. The molecular weight excluding hydrogens is 124 g/mol. The number of hydrogen-bond donors (Lipinski definition) is 1. The molecule has 5 heteroatoms. The Morgan fingerprint density at radius 1 is 1.89 bits per heavy atom. The number of hydrazone groups is 1. The second-order valence-electron chi connectivity index (χ2n) is 1.11. The molecule has 0 aliphatic carbocycles. The van der Waals surface area contributed by atoms with Crippen molar-refractivity contribution in [2.45, 2.75) is 0 Å². The van der Waals surface area contributed by atoms with E-state index in [-0.39, 0.29) is 6.54 Å². The quantitative estimate of drug-likeness (QED) is 0.230. The maximum absolute atomic E-state index is 10.2. The Hall–Kier alpha value is -1.35. The number of esters is 1. The molecule has 0 bridgehead atoms. The highest BCUT2D eigenvalue weighted by atomic mass is 16.5. The normalized spacial score (nSPS) is 7.22. The summed E-state index contributed by atoms with van der Waals surface area (Å²) in [6, 6.07) is 0. The van der Waals surface area contributed by atoms with Gasteiger partial charge in [0.15, 0.2) is 0 Å². The standard InChI is InChI=1S/C4H6N2O3/c1-9-4(8)2-5-6-3-7/h5H,2H2,1H3. The van der Waals surface area contributed by atoms with Crippen molar-refractivity contribution < 1.29 is 14.3 Å². The van der Waals surface area contributed by atoms with Crippen molar-refractivity contribution in [2.75, 3.05) is 13.7 Å². The summed E-state index contributed by atoms with van der Waals surface area (Å²) < 4.78 is 4.21. The maximum Gasteiger partial charge on any atom is 0.326 e. The van der Waals surface area contributed by atoms with E-state index in [4.69, 9.17) is 0 Å². The topological polar surface area (TPSA) is 67.8 Å². The predicted molar refractivity (Wildman–Crippen MR) is 28.1 cm³/mol. The van der Waals surface area contributed by atoms with Crippen molar-refractivity contribution in [3.8, 4) is 0 Å². The van der Waals surface area contributed by atoms with Crippen LogP contribution in [0.1, 0.15) is 0 Å². The number of carbonyl (C=O) groups excluding carboxylic acids is 2. The molecule has 5 nitrogen and oxygen atoms in total. The number of isocyanates is 1. The zero-order chi connectivity index (χ0) is 7.11. The number of hydrogen-bond acceptors (Lipinski definition) is 5. The molecule has 0 aromatic carbocycles. The van der Waals surface area contributed by atoms with Gasteiger partial charge in [-0.05, 0) is 0 Å². The number of ether oxygens (including phenoxy) is 1. The van der Waals surface area contributed by atoms with E-state index in [2.05, 4.69) is 15.3 Å². The Balaban J connectivity index is 3.27. The van der Waals surface area contributed by atoms with Gasteiger partial charge in [-0.1, -0.05) is 5.10 Å². The first-order valence-electron chi connectivity index (χ1n) is 2.17. The molecule has 0 aliphatic rings. The summed E-state index contributed by atoms with van der Waals surface area (Å²) in [5.41, 5.74) is 2.11. The van der Waals surface area contributed by atoms with Crippen LogP contribution in [0.5, 0.6) is 0 Å². The Kier molecular flexibility index (Phi) is 4.08. The van der Waals surface area contributed by atoms with Gasteiger partial charge in [0.1, 0.15) is 6.54 Å². The van der Waals surface area contributed by atoms with Crippen LogP contribution in [0.2, 0.25) is 0 Å². The lowest BCUT2D eigenvalue weighted by molar-refractivity contribution is -0.139. The summed E-state index contributed by atoms with van der Waals surface area (Å²) in [6.07, 6.45) is 1.20. The minimum atomic E-state index is -0.478. The van der Waals surface area contributed by atoms with Gasteiger partial charge in [-0.2, -0.15) is 0 Å². The van der Waals surface area contributed by atoms with Gasteiger partial charge in [0.05, 0.1) is 7.11 Å². The minimum Gasteiger partial charge on any atom is -0.468 e. The first kappa shape index (κ1) is 7.65. The second kappa shape index (κ2) is 4.80. The average Bonchev–Trinajstić information content (AvgIpc) is 1.89. The maximum atomic E-state index is 10.2. The van der Waals surface area contributed by atoms with E-state index in [0.717, 1.165) is 0 Å². The van der Waals surface area contributed by atoms with Gasteiger partial charge in [0, 0.05) is 0 Å². The van der Waals surface area contributed by atoms with E-state index in [1.54, 1.807) is 0 Å². The Morgan fingerprint density at radius 2 is 2.56 bits per heavy atom. The summed E-state index contributed by atoms with van der Waals surface area (Å²) in [5.74, 6) is -0.478. The van der Waals surface area contributed by atoms with Crippen LogP contribution in [-0.4, -0.2) is 25.7 Å². The Labute approximate surface area is 51.7 Å². The fraction of sp³-hybridized carbons (Fsp3) is 0.500. The van der Waals surface area contributed by atoms with Crippen LogP contribution >= 0.6 is 0 Å².